The second-order valence-electron chi connectivity index (χ2n) is 5.64. The molecule has 0 aliphatic heterocycles. The molecule has 1 amide bonds. The number of hydrogen-bond acceptors (Lipinski definition) is 5. The molecule has 0 saturated heterocycles. The Hall–Kier alpha value is -2.16. The molecule has 9 heteroatoms. The van der Waals surface area contributed by atoms with Crippen LogP contribution >= 0.6 is 11.8 Å². The van der Waals surface area contributed by atoms with E-state index in [0.717, 1.165) is 25.8 Å². The predicted molar refractivity (Wildman–Crippen MR) is 96.6 cm³/mol. The summed E-state index contributed by atoms with van der Waals surface area (Å²) in [7, 11) is 0. The molecule has 0 radical (unpaired) electrons. The van der Waals surface area contributed by atoms with Gasteiger partial charge in [0.15, 0.2) is 5.16 Å². The van der Waals surface area contributed by atoms with Gasteiger partial charge in [0.2, 0.25) is 5.91 Å². The van der Waals surface area contributed by atoms with Gasteiger partial charge in [-0.2, -0.15) is 8.78 Å². The maximum absolute atomic E-state index is 12.5. The Morgan fingerprint density at radius 2 is 2.12 bits per heavy atom. The summed E-state index contributed by atoms with van der Waals surface area (Å²) in [6.45, 7) is 1.69. The average molecular weight is 384 g/mol. The summed E-state index contributed by atoms with van der Waals surface area (Å²) in [5, 5.41) is 10.7. The maximum atomic E-state index is 12.5. The van der Waals surface area contributed by atoms with Crippen LogP contribution in [0, 0.1) is 0 Å². The molecular weight excluding hydrogens is 362 g/mol. The predicted octanol–water partition coefficient (Wildman–Crippen LogP) is 4.19. The lowest BCUT2D eigenvalue weighted by Crippen LogP contribution is -2.23. The molecule has 2 aromatic rings. The Morgan fingerprint density at radius 3 is 2.85 bits per heavy atom. The van der Waals surface area contributed by atoms with Crippen LogP contribution in [0.3, 0.4) is 0 Å². The maximum Gasteiger partial charge on any atom is 0.387 e. The van der Waals surface area contributed by atoms with Crippen LogP contribution in [0.5, 0.6) is 5.75 Å². The number of alkyl halides is 2. The Labute approximate surface area is 155 Å². The van der Waals surface area contributed by atoms with E-state index in [1.807, 2.05) is 4.57 Å². The van der Waals surface area contributed by atoms with Crippen LogP contribution in [0.4, 0.5) is 14.5 Å². The van der Waals surface area contributed by atoms with Gasteiger partial charge < -0.3 is 14.6 Å². The minimum absolute atomic E-state index is 0.0733. The molecule has 6 nitrogen and oxygen atoms in total. The molecule has 0 saturated carbocycles. The minimum atomic E-state index is -2.96. The van der Waals surface area contributed by atoms with E-state index in [4.69, 9.17) is 0 Å². The Balaban J connectivity index is 1.98. The molecule has 142 valence electrons. The largest absolute Gasteiger partial charge is 0.433 e. The lowest BCUT2D eigenvalue weighted by atomic mass is 10.2. The number of ether oxygens (including phenoxy) is 1. The number of thioether (sulfide) groups is 1. The number of hydrogen-bond donors (Lipinski definition) is 1. The molecule has 0 bridgehead atoms. The van der Waals surface area contributed by atoms with E-state index in [1.54, 1.807) is 25.4 Å². The lowest BCUT2D eigenvalue weighted by molar-refractivity contribution is -0.115. The van der Waals surface area contributed by atoms with E-state index >= 15 is 0 Å². The van der Waals surface area contributed by atoms with Crippen LogP contribution in [-0.4, -0.2) is 32.5 Å². The van der Waals surface area contributed by atoms with Crippen molar-refractivity contribution >= 4 is 23.4 Å². The molecule has 0 spiro atoms. The first kappa shape index (κ1) is 20.2. The van der Waals surface area contributed by atoms with Crippen molar-refractivity contribution in [3.8, 4) is 5.75 Å². The Morgan fingerprint density at radius 1 is 1.35 bits per heavy atom. The number of aryl methyl sites for hydroxylation is 1. The van der Waals surface area contributed by atoms with Crippen LogP contribution in [0.1, 0.15) is 33.1 Å². The van der Waals surface area contributed by atoms with Crippen molar-refractivity contribution in [3.63, 3.8) is 0 Å². The number of para-hydroxylation sites is 2. The fourth-order valence-corrected chi connectivity index (χ4v) is 3.09. The zero-order valence-corrected chi connectivity index (χ0v) is 15.5. The third-order valence-electron chi connectivity index (χ3n) is 3.59. The van der Waals surface area contributed by atoms with Crippen LogP contribution in [0.15, 0.2) is 35.7 Å². The second kappa shape index (κ2) is 10.1. The Kier molecular flexibility index (Phi) is 7.83. The van der Waals surface area contributed by atoms with Gasteiger partial charge in [0.25, 0.3) is 0 Å². The monoisotopic (exact) mass is 384 g/mol. The fourth-order valence-electron chi connectivity index (χ4n) is 2.24. The van der Waals surface area contributed by atoms with Crippen molar-refractivity contribution in [2.24, 2.45) is 0 Å². The third kappa shape index (κ3) is 5.98. The number of rotatable bonds is 10. The highest BCUT2D eigenvalue weighted by atomic mass is 32.2. The first-order chi connectivity index (χ1) is 12.5. The van der Waals surface area contributed by atoms with Crippen molar-refractivity contribution in [1.82, 2.24) is 14.8 Å². The number of carbonyl (C=O) groups excluding carboxylic acids is 1. The van der Waals surface area contributed by atoms with Crippen LogP contribution in [-0.2, 0) is 11.3 Å². The van der Waals surface area contributed by atoms with Gasteiger partial charge in [0.05, 0.1) is 10.9 Å². The average Bonchev–Trinajstić information content (AvgIpc) is 3.03. The first-order valence-corrected chi connectivity index (χ1v) is 9.28. The molecule has 26 heavy (non-hydrogen) atoms. The number of aromatic nitrogens is 3. The quantitative estimate of drug-likeness (QED) is 0.491. The number of carbonyl (C=O) groups is 1. The van der Waals surface area contributed by atoms with Gasteiger partial charge in [-0.25, -0.2) is 0 Å². The number of nitrogens with zero attached hydrogens (tertiary/aromatic N) is 3. The number of amides is 1. The number of benzene rings is 1. The standard InChI is InChI=1S/C17H22F2N4O2S/c1-3-4-7-10-23-11-20-22-17(23)26-12(2)15(24)21-13-8-5-6-9-14(13)25-16(18)19/h5-6,8-9,11-12,16H,3-4,7,10H2,1-2H3,(H,21,24)/t12-/m0/s1. The summed E-state index contributed by atoms with van der Waals surface area (Å²) in [6, 6.07) is 6.09. The van der Waals surface area contributed by atoms with Crippen molar-refractivity contribution in [2.75, 3.05) is 5.32 Å². The van der Waals surface area contributed by atoms with Crippen molar-refractivity contribution < 1.29 is 18.3 Å². The molecule has 1 heterocycles. The second-order valence-corrected chi connectivity index (χ2v) is 6.95. The summed E-state index contributed by atoms with van der Waals surface area (Å²) in [5.41, 5.74) is 0.203. The highest BCUT2D eigenvalue weighted by molar-refractivity contribution is 8.00. The van der Waals surface area contributed by atoms with Crippen molar-refractivity contribution in [1.29, 1.82) is 0 Å². The fraction of sp³-hybridized carbons (Fsp3) is 0.471. The molecule has 2 rings (SSSR count). The molecule has 0 fully saturated rings. The van der Waals surface area contributed by atoms with Gasteiger partial charge >= 0.3 is 6.61 Å². The minimum Gasteiger partial charge on any atom is -0.433 e. The van der Waals surface area contributed by atoms with Gasteiger partial charge in [-0.1, -0.05) is 43.7 Å². The van der Waals surface area contributed by atoms with E-state index < -0.39 is 11.9 Å². The van der Waals surface area contributed by atoms with Crippen molar-refractivity contribution in [2.45, 2.75) is 56.7 Å². The molecule has 0 unspecified atom stereocenters. The van der Waals surface area contributed by atoms with Gasteiger partial charge in [-0.3, -0.25) is 4.79 Å². The van der Waals surface area contributed by atoms with Gasteiger partial charge in [0.1, 0.15) is 12.1 Å². The zero-order chi connectivity index (χ0) is 18.9. The van der Waals surface area contributed by atoms with Gasteiger partial charge in [-0.15, -0.1) is 10.2 Å². The molecule has 1 atom stereocenters. The van der Waals surface area contributed by atoms with E-state index in [9.17, 15) is 13.6 Å². The van der Waals surface area contributed by atoms with Gasteiger partial charge in [0, 0.05) is 6.54 Å². The number of halogens is 2. The number of nitrogens with one attached hydrogen (secondary N) is 1. The van der Waals surface area contributed by atoms with E-state index in [1.165, 1.54) is 23.9 Å². The molecule has 1 aromatic carbocycles. The SMILES string of the molecule is CCCCCn1cnnc1S[C@@H](C)C(=O)Nc1ccccc1OC(F)F. The molecule has 0 aliphatic carbocycles. The smallest absolute Gasteiger partial charge is 0.387 e. The highest BCUT2D eigenvalue weighted by Crippen LogP contribution is 2.28. The molecule has 0 aliphatic rings. The van der Waals surface area contributed by atoms with Crippen molar-refractivity contribution in [3.05, 3.63) is 30.6 Å². The first-order valence-electron chi connectivity index (χ1n) is 8.40. The van der Waals surface area contributed by atoms with E-state index in [-0.39, 0.29) is 17.3 Å². The molecule has 1 aromatic heterocycles. The third-order valence-corrected chi connectivity index (χ3v) is 4.69. The topological polar surface area (TPSA) is 69.0 Å². The van der Waals surface area contributed by atoms with Gasteiger partial charge in [-0.05, 0) is 25.5 Å². The summed E-state index contributed by atoms with van der Waals surface area (Å²) < 4.78 is 31.3. The Bertz CT molecular complexity index is 712. The number of anilines is 1. The van der Waals surface area contributed by atoms with Crippen LogP contribution < -0.4 is 10.1 Å². The van der Waals surface area contributed by atoms with Crippen LogP contribution in [0.25, 0.3) is 0 Å². The summed E-state index contributed by atoms with van der Waals surface area (Å²) >= 11 is 1.27. The summed E-state index contributed by atoms with van der Waals surface area (Å²) in [4.78, 5) is 12.4. The molecular formula is C17H22F2N4O2S. The highest BCUT2D eigenvalue weighted by Gasteiger charge is 2.20. The van der Waals surface area contributed by atoms with E-state index in [2.05, 4.69) is 27.2 Å². The van der Waals surface area contributed by atoms with E-state index in [0.29, 0.717) is 5.16 Å². The normalized spacial score (nSPS) is 12.2. The number of unbranched alkanes of at least 4 members (excludes halogenated alkanes) is 2. The molecule has 1 N–H and O–H groups in total. The summed E-state index contributed by atoms with van der Waals surface area (Å²) in [5.74, 6) is -0.404. The zero-order valence-electron chi connectivity index (χ0n) is 14.7. The van der Waals surface area contributed by atoms with Crippen LogP contribution in [0.2, 0.25) is 0 Å². The lowest BCUT2D eigenvalue weighted by Gasteiger charge is -2.15. The summed E-state index contributed by atoms with van der Waals surface area (Å²) in [6.07, 6.45) is 4.89.